The Morgan fingerprint density at radius 3 is 2.35 bits per heavy atom. The van der Waals surface area contributed by atoms with Crippen LogP contribution < -0.4 is 0 Å². The van der Waals surface area contributed by atoms with Gasteiger partial charge in [-0.15, -0.1) is 0 Å². The van der Waals surface area contributed by atoms with Crippen LogP contribution in [0, 0.1) is 0 Å². The van der Waals surface area contributed by atoms with Crippen LogP contribution in [0.3, 0.4) is 0 Å². The normalized spacial score (nSPS) is 11.5. The van der Waals surface area contributed by atoms with Crippen LogP contribution in [0.1, 0.15) is 18.1 Å². The zero-order valence-corrected chi connectivity index (χ0v) is 12.0. The molecule has 17 heavy (non-hydrogen) atoms. The molecule has 0 amide bonds. The molecule has 0 spiro atoms. The van der Waals surface area contributed by atoms with Gasteiger partial charge in [-0.25, -0.2) is 0 Å². The molecule has 0 heterocycles. The maximum atomic E-state index is 5.83. The minimum atomic E-state index is -1.89. The Morgan fingerprint density at radius 2 is 1.82 bits per heavy atom. The van der Waals surface area contributed by atoms with Crippen molar-refractivity contribution in [3.05, 3.63) is 42.0 Å². The average Bonchev–Trinajstić information content (AvgIpc) is 2.29. The van der Waals surface area contributed by atoms with Crippen molar-refractivity contribution in [2.24, 2.45) is 0 Å². The largest absolute Gasteiger partial charge is 0.395 e. The molecule has 0 fully saturated rings. The summed E-state index contributed by atoms with van der Waals surface area (Å²) in [7, 11) is -1.89. The molecule has 0 aromatic heterocycles. The van der Waals surface area contributed by atoms with Crippen molar-refractivity contribution in [3.63, 3.8) is 0 Å². The van der Waals surface area contributed by atoms with Crippen LogP contribution >= 0.6 is 0 Å². The third-order valence-corrected chi connectivity index (χ3v) is 4.43. The van der Waals surface area contributed by atoms with E-state index in [2.05, 4.69) is 43.9 Å². The molecule has 3 heteroatoms. The molecular formula is C14H22O2Si. The van der Waals surface area contributed by atoms with E-state index in [0.717, 1.165) is 25.2 Å². The van der Waals surface area contributed by atoms with Gasteiger partial charge in [-0.05, 0) is 37.6 Å². The Labute approximate surface area is 106 Å². The lowest BCUT2D eigenvalue weighted by atomic mass is 10.1. The highest BCUT2D eigenvalue weighted by Gasteiger charge is 2.23. The number of rotatable bonds is 7. The number of benzene rings is 1. The van der Waals surface area contributed by atoms with Gasteiger partial charge in [-0.1, -0.05) is 36.9 Å². The molecular weight excluding hydrogens is 228 g/mol. The predicted octanol–water partition coefficient (Wildman–Crippen LogP) is 3.63. The zero-order valence-electron chi connectivity index (χ0n) is 11.0. The summed E-state index contributed by atoms with van der Waals surface area (Å²) in [6, 6.07) is 8.39. The van der Waals surface area contributed by atoms with Crippen LogP contribution in [-0.2, 0) is 15.3 Å². The minimum absolute atomic E-state index is 0.729. The van der Waals surface area contributed by atoms with Crippen molar-refractivity contribution in [3.8, 4) is 0 Å². The van der Waals surface area contributed by atoms with Gasteiger partial charge in [0, 0.05) is 13.2 Å². The van der Waals surface area contributed by atoms with Crippen molar-refractivity contribution in [1.29, 1.82) is 0 Å². The SMILES string of the molecule is C=Cc1ccc(CCO[Si](C)(C)OCC)cc1. The van der Waals surface area contributed by atoms with Crippen molar-refractivity contribution < 1.29 is 8.85 Å². The van der Waals surface area contributed by atoms with Crippen molar-refractivity contribution >= 4 is 14.6 Å². The van der Waals surface area contributed by atoms with Gasteiger partial charge in [-0.2, -0.15) is 0 Å². The van der Waals surface area contributed by atoms with Crippen LogP contribution in [0.15, 0.2) is 30.8 Å². The maximum absolute atomic E-state index is 5.83. The summed E-state index contributed by atoms with van der Waals surface area (Å²) in [4.78, 5) is 0. The first-order valence-corrected chi connectivity index (χ1v) is 8.88. The average molecular weight is 250 g/mol. The Kier molecular flexibility index (Phi) is 5.61. The number of hydrogen-bond donors (Lipinski definition) is 0. The van der Waals surface area contributed by atoms with Crippen LogP contribution in [0.2, 0.25) is 13.1 Å². The fraction of sp³-hybridized carbons (Fsp3) is 0.429. The topological polar surface area (TPSA) is 18.5 Å². The summed E-state index contributed by atoms with van der Waals surface area (Å²) < 4.78 is 11.4. The highest BCUT2D eigenvalue weighted by molar-refractivity contribution is 6.64. The zero-order chi connectivity index (χ0) is 12.7. The smallest absolute Gasteiger partial charge is 0.331 e. The van der Waals surface area contributed by atoms with Gasteiger partial charge < -0.3 is 8.85 Å². The minimum Gasteiger partial charge on any atom is -0.395 e. The molecule has 1 aromatic rings. The molecule has 0 radical (unpaired) electrons. The van der Waals surface area contributed by atoms with Crippen LogP contribution in [0.25, 0.3) is 6.08 Å². The maximum Gasteiger partial charge on any atom is 0.331 e. The molecule has 0 N–H and O–H groups in total. The Morgan fingerprint density at radius 1 is 1.18 bits per heavy atom. The van der Waals surface area contributed by atoms with E-state index in [-0.39, 0.29) is 0 Å². The highest BCUT2D eigenvalue weighted by Crippen LogP contribution is 2.09. The molecule has 0 aliphatic rings. The number of hydrogen-bond acceptors (Lipinski definition) is 2. The first-order valence-electron chi connectivity index (χ1n) is 6.06. The molecule has 1 rings (SSSR count). The second kappa shape index (κ2) is 6.74. The molecule has 0 bridgehead atoms. The van der Waals surface area contributed by atoms with E-state index in [4.69, 9.17) is 8.85 Å². The third kappa shape index (κ3) is 5.30. The van der Waals surface area contributed by atoms with Gasteiger partial charge in [0.25, 0.3) is 0 Å². The Hall–Kier alpha value is -0.903. The molecule has 0 saturated heterocycles. The fourth-order valence-corrected chi connectivity index (χ4v) is 3.00. The fourth-order valence-electron chi connectivity index (χ4n) is 1.62. The van der Waals surface area contributed by atoms with E-state index in [1.165, 1.54) is 5.56 Å². The predicted molar refractivity (Wildman–Crippen MR) is 75.3 cm³/mol. The lowest BCUT2D eigenvalue weighted by molar-refractivity contribution is 0.189. The van der Waals surface area contributed by atoms with Crippen molar-refractivity contribution in [2.45, 2.75) is 26.4 Å². The first kappa shape index (κ1) is 14.2. The summed E-state index contributed by atoms with van der Waals surface area (Å²) in [6.45, 7) is 11.4. The van der Waals surface area contributed by atoms with Crippen molar-refractivity contribution in [2.75, 3.05) is 13.2 Å². The third-order valence-electron chi connectivity index (χ3n) is 2.55. The monoisotopic (exact) mass is 250 g/mol. The Bertz CT molecular complexity index is 344. The van der Waals surface area contributed by atoms with E-state index >= 15 is 0 Å². The molecule has 0 atom stereocenters. The van der Waals surface area contributed by atoms with Gasteiger partial charge in [0.05, 0.1) is 0 Å². The summed E-state index contributed by atoms with van der Waals surface area (Å²) in [5, 5.41) is 0. The van der Waals surface area contributed by atoms with E-state index in [1.54, 1.807) is 0 Å². The molecule has 94 valence electrons. The van der Waals surface area contributed by atoms with Gasteiger partial charge >= 0.3 is 8.56 Å². The second-order valence-corrected chi connectivity index (χ2v) is 7.75. The van der Waals surface area contributed by atoms with Crippen molar-refractivity contribution in [1.82, 2.24) is 0 Å². The summed E-state index contributed by atoms with van der Waals surface area (Å²) in [5.41, 5.74) is 2.44. The summed E-state index contributed by atoms with van der Waals surface area (Å²) >= 11 is 0. The second-order valence-electron chi connectivity index (χ2n) is 4.38. The van der Waals surface area contributed by atoms with Crippen LogP contribution in [0.4, 0.5) is 0 Å². The lowest BCUT2D eigenvalue weighted by Crippen LogP contribution is -2.35. The quantitative estimate of drug-likeness (QED) is 0.688. The highest BCUT2D eigenvalue weighted by atomic mass is 28.4. The lowest BCUT2D eigenvalue weighted by Gasteiger charge is -2.21. The van der Waals surface area contributed by atoms with Gasteiger partial charge in [0.2, 0.25) is 0 Å². The van der Waals surface area contributed by atoms with Crippen LogP contribution in [0.5, 0.6) is 0 Å². The molecule has 1 aromatic carbocycles. The van der Waals surface area contributed by atoms with E-state index in [0.29, 0.717) is 0 Å². The first-order chi connectivity index (χ1) is 8.07. The van der Waals surface area contributed by atoms with Crippen LogP contribution in [-0.4, -0.2) is 21.8 Å². The Balaban J connectivity index is 2.37. The molecule has 0 unspecified atom stereocenters. The summed E-state index contributed by atoms with van der Waals surface area (Å²) in [6.07, 6.45) is 2.78. The molecule has 2 nitrogen and oxygen atoms in total. The molecule has 0 saturated carbocycles. The van der Waals surface area contributed by atoms with E-state index in [9.17, 15) is 0 Å². The standard InChI is InChI=1S/C14H22O2Si/c1-5-13-7-9-14(10-8-13)11-12-16-17(3,4)15-6-2/h5,7-10H,1,6,11-12H2,2-4H3. The molecule has 0 aliphatic heterocycles. The van der Waals surface area contributed by atoms with Gasteiger partial charge in [-0.3, -0.25) is 0 Å². The summed E-state index contributed by atoms with van der Waals surface area (Å²) in [5.74, 6) is 0. The van der Waals surface area contributed by atoms with Gasteiger partial charge in [0.1, 0.15) is 0 Å². The van der Waals surface area contributed by atoms with E-state index < -0.39 is 8.56 Å². The van der Waals surface area contributed by atoms with E-state index in [1.807, 2.05) is 13.0 Å². The molecule has 0 aliphatic carbocycles. The van der Waals surface area contributed by atoms with Gasteiger partial charge in [0.15, 0.2) is 0 Å².